The second-order valence-electron chi connectivity index (χ2n) is 4.99. The van der Waals surface area contributed by atoms with Crippen molar-refractivity contribution in [2.24, 2.45) is 5.41 Å². The highest BCUT2D eigenvalue weighted by Gasteiger charge is 2.15. The minimum Gasteiger partial charge on any atom is -0.385 e. The van der Waals surface area contributed by atoms with E-state index in [0.29, 0.717) is 0 Å². The van der Waals surface area contributed by atoms with Crippen LogP contribution in [0, 0.1) is 29.5 Å². The Labute approximate surface area is 102 Å². The van der Waals surface area contributed by atoms with E-state index in [9.17, 15) is 4.39 Å². The van der Waals surface area contributed by atoms with E-state index < -0.39 is 0 Å². The van der Waals surface area contributed by atoms with Crippen LogP contribution in [0.3, 0.4) is 0 Å². The summed E-state index contributed by atoms with van der Waals surface area (Å²) in [7, 11) is 0. The first-order valence-corrected chi connectivity index (χ1v) is 5.86. The number of aryl methyl sites for hydroxylation is 1. The second kappa shape index (κ2) is 5.67. The molecule has 3 heteroatoms. The molecule has 0 radical (unpaired) electrons. The van der Waals surface area contributed by atoms with E-state index in [2.05, 4.69) is 11.4 Å². The van der Waals surface area contributed by atoms with Gasteiger partial charge in [-0.2, -0.15) is 5.26 Å². The zero-order valence-corrected chi connectivity index (χ0v) is 10.7. The summed E-state index contributed by atoms with van der Waals surface area (Å²) in [5.74, 6) is -0.226. The van der Waals surface area contributed by atoms with Gasteiger partial charge in [0.05, 0.1) is 11.5 Å². The molecule has 2 nitrogen and oxygen atoms in total. The summed E-state index contributed by atoms with van der Waals surface area (Å²) in [6.07, 6.45) is 1.74. The number of nitrogens with zero attached hydrogens (tertiary/aromatic N) is 1. The van der Waals surface area contributed by atoms with Gasteiger partial charge in [-0.05, 0) is 51.3 Å². The van der Waals surface area contributed by atoms with Crippen LogP contribution in [0.25, 0.3) is 0 Å². The lowest BCUT2D eigenvalue weighted by molar-refractivity contribution is 0.441. The van der Waals surface area contributed by atoms with Gasteiger partial charge in [-0.1, -0.05) is 6.07 Å². The zero-order valence-electron chi connectivity index (χ0n) is 10.7. The molecule has 0 saturated carbocycles. The van der Waals surface area contributed by atoms with Crippen molar-refractivity contribution in [1.29, 1.82) is 5.26 Å². The smallest absolute Gasteiger partial charge is 0.125 e. The Kier molecular flexibility index (Phi) is 4.51. The van der Waals surface area contributed by atoms with Crippen LogP contribution in [0.4, 0.5) is 10.1 Å². The Morgan fingerprint density at radius 1 is 1.41 bits per heavy atom. The topological polar surface area (TPSA) is 35.8 Å². The molecule has 0 aliphatic rings. The molecule has 1 N–H and O–H groups in total. The lowest BCUT2D eigenvalue weighted by Gasteiger charge is -2.15. The van der Waals surface area contributed by atoms with Gasteiger partial charge in [0.15, 0.2) is 0 Å². The third-order valence-electron chi connectivity index (χ3n) is 2.80. The summed E-state index contributed by atoms with van der Waals surface area (Å²) in [5, 5.41) is 12.1. The molecular formula is C14H19FN2. The molecule has 1 rings (SSSR count). The third kappa shape index (κ3) is 4.44. The fourth-order valence-corrected chi connectivity index (χ4v) is 1.59. The van der Waals surface area contributed by atoms with Gasteiger partial charge in [-0.15, -0.1) is 0 Å². The summed E-state index contributed by atoms with van der Waals surface area (Å²) < 4.78 is 13.0. The molecule has 0 fully saturated rings. The summed E-state index contributed by atoms with van der Waals surface area (Å²) in [6.45, 7) is 6.57. The molecule has 1 aromatic rings. The van der Waals surface area contributed by atoms with E-state index in [0.717, 1.165) is 30.6 Å². The molecule has 0 aliphatic carbocycles. The molecular weight excluding hydrogens is 215 g/mol. The lowest BCUT2D eigenvalue weighted by Crippen LogP contribution is -2.11. The van der Waals surface area contributed by atoms with Crippen LogP contribution in [0.15, 0.2) is 18.2 Å². The Morgan fingerprint density at radius 3 is 2.76 bits per heavy atom. The van der Waals surface area contributed by atoms with E-state index in [1.807, 2.05) is 20.8 Å². The number of hydrogen-bond acceptors (Lipinski definition) is 2. The fraction of sp³-hybridized carbons (Fsp3) is 0.500. The molecule has 0 saturated heterocycles. The molecule has 0 aliphatic heterocycles. The molecule has 0 aromatic heterocycles. The Bertz CT molecular complexity index is 419. The number of rotatable bonds is 5. The number of halogens is 1. The van der Waals surface area contributed by atoms with Crippen molar-refractivity contribution in [2.75, 3.05) is 11.9 Å². The minimum absolute atomic E-state index is 0.226. The maximum Gasteiger partial charge on any atom is 0.125 e. The quantitative estimate of drug-likeness (QED) is 0.785. The molecule has 0 unspecified atom stereocenters. The van der Waals surface area contributed by atoms with Gasteiger partial charge in [-0.25, -0.2) is 4.39 Å². The Morgan fingerprint density at radius 2 is 2.12 bits per heavy atom. The highest BCUT2D eigenvalue weighted by Crippen LogP contribution is 2.21. The van der Waals surface area contributed by atoms with Crippen molar-refractivity contribution < 1.29 is 4.39 Å². The van der Waals surface area contributed by atoms with Crippen LogP contribution in [0.2, 0.25) is 0 Å². The van der Waals surface area contributed by atoms with Crippen molar-refractivity contribution in [3.8, 4) is 6.07 Å². The molecule has 0 spiro atoms. The van der Waals surface area contributed by atoms with Crippen LogP contribution in [-0.2, 0) is 0 Å². The number of nitriles is 1. The van der Waals surface area contributed by atoms with E-state index in [-0.39, 0.29) is 11.2 Å². The van der Waals surface area contributed by atoms with Crippen LogP contribution < -0.4 is 5.32 Å². The number of hydrogen-bond donors (Lipinski definition) is 1. The highest BCUT2D eigenvalue weighted by atomic mass is 19.1. The maximum atomic E-state index is 13.0. The standard InChI is InChI=1S/C14H19FN2/c1-11-5-6-12(15)9-13(11)17-8-4-7-14(2,3)10-16/h5-6,9,17H,4,7-8H2,1-3H3. The number of benzene rings is 1. The van der Waals surface area contributed by atoms with Crippen LogP contribution in [0.5, 0.6) is 0 Å². The SMILES string of the molecule is Cc1ccc(F)cc1NCCCC(C)(C)C#N. The number of nitrogens with one attached hydrogen (secondary N) is 1. The van der Waals surface area contributed by atoms with Crippen molar-refractivity contribution in [1.82, 2.24) is 0 Å². The summed E-state index contributed by atoms with van der Waals surface area (Å²) >= 11 is 0. The van der Waals surface area contributed by atoms with Gasteiger partial charge in [0.1, 0.15) is 5.82 Å². The maximum absolute atomic E-state index is 13.0. The van der Waals surface area contributed by atoms with E-state index in [1.165, 1.54) is 12.1 Å². The van der Waals surface area contributed by atoms with Gasteiger partial charge in [0, 0.05) is 12.2 Å². The second-order valence-corrected chi connectivity index (χ2v) is 4.99. The van der Waals surface area contributed by atoms with Gasteiger partial charge >= 0.3 is 0 Å². The molecule has 0 amide bonds. The van der Waals surface area contributed by atoms with Gasteiger partial charge in [-0.3, -0.25) is 0 Å². The molecule has 0 bridgehead atoms. The molecule has 92 valence electrons. The monoisotopic (exact) mass is 234 g/mol. The largest absolute Gasteiger partial charge is 0.385 e. The Balaban J connectivity index is 2.42. The molecule has 0 heterocycles. The van der Waals surface area contributed by atoms with Crippen LogP contribution in [0.1, 0.15) is 32.3 Å². The van der Waals surface area contributed by atoms with Gasteiger partial charge < -0.3 is 5.32 Å². The van der Waals surface area contributed by atoms with Crippen molar-refractivity contribution in [3.05, 3.63) is 29.6 Å². The lowest BCUT2D eigenvalue weighted by atomic mass is 9.90. The van der Waals surface area contributed by atoms with Crippen molar-refractivity contribution in [3.63, 3.8) is 0 Å². The van der Waals surface area contributed by atoms with Crippen LogP contribution in [-0.4, -0.2) is 6.54 Å². The predicted molar refractivity (Wildman–Crippen MR) is 68.3 cm³/mol. The fourth-order valence-electron chi connectivity index (χ4n) is 1.59. The summed E-state index contributed by atoms with van der Waals surface area (Å²) in [5.41, 5.74) is 1.59. The number of anilines is 1. The highest BCUT2D eigenvalue weighted by molar-refractivity contribution is 5.50. The normalized spacial score (nSPS) is 11.0. The third-order valence-corrected chi connectivity index (χ3v) is 2.80. The van der Waals surface area contributed by atoms with E-state index in [4.69, 9.17) is 5.26 Å². The first kappa shape index (κ1) is 13.5. The van der Waals surface area contributed by atoms with Gasteiger partial charge in [0.2, 0.25) is 0 Å². The van der Waals surface area contributed by atoms with E-state index in [1.54, 1.807) is 6.07 Å². The minimum atomic E-state index is -0.279. The summed E-state index contributed by atoms with van der Waals surface area (Å²) in [4.78, 5) is 0. The Hall–Kier alpha value is -1.56. The molecule has 1 aromatic carbocycles. The summed E-state index contributed by atoms with van der Waals surface area (Å²) in [6, 6.07) is 7.00. The van der Waals surface area contributed by atoms with Crippen molar-refractivity contribution >= 4 is 5.69 Å². The molecule has 17 heavy (non-hydrogen) atoms. The molecule has 0 atom stereocenters. The first-order valence-electron chi connectivity index (χ1n) is 5.86. The van der Waals surface area contributed by atoms with Crippen molar-refractivity contribution in [2.45, 2.75) is 33.6 Å². The van der Waals surface area contributed by atoms with Crippen LogP contribution >= 0.6 is 0 Å². The average Bonchev–Trinajstić information content (AvgIpc) is 2.29. The first-order chi connectivity index (χ1) is 7.94. The van der Waals surface area contributed by atoms with Gasteiger partial charge in [0.25, 0.3) is 0 Å². The van der Waals surface area contributed by atoms with E-state index >= 15 is 0 Å². The zero-order chi connectivity index (χ0) is 12.9. The predicted octanol–water partition coefficient (Wildman–Crippen LogP) is 3.88. The average molecular weight is 234 g/mol.